The highest BCUT2D eigenvalue weighted by molar-refractivity contribution is 6.30. The molecule has 1 aromatic rings. The average molecular weight is 234 g/mol. The Labute approximate surface area is 90.3 Å². The van der Waals surface area contributed by atoms with Gasteiger partial charge in [-0.1, -0.05) is 23.7 Å². The number of carbonyl (C=O) groups is 1. The van der Waals surface area contributed by atoms with Crippen LogP contribution >= 0.6 is 11.6 Å². The van der Waals surface area contributed by atoms with Gasteiger partial charge in [0.1, 0.15) is 5.82 Å². The van der Waals surface area contributed by atoms with E-state index in [-0.39, 0.29) is 10.6 Å². The Morgan fingerprint density at radius 3 is 2.80 bits per heavy atom. The molecule has 0 fully saturated rings. The van der Waals surface area contributed by atoms with Crippen LogP contribution in [0, 0.1) is 5.82 Å². The fraction of sp³-hybridized carbons (Fsp3) is 0.222. The van der Waals surface area contributed by atoms with Crippen LogP contribution in [-0.4, -0.2) is 22.9 Å². The lowest BCUT2D eigenvalue weighted by Gasteiger charge is -2.15. The second kappa shape index (κ2) is 4.95. The molecule has 0 radical (unpaired) electrons. The molecule has 0 saturated carbocycles. The first-order valence-electron chi connectivity index (χ1n) is 4.10. The lowest BCUT2D eigenvalue weighted by atomic mass is 10.1. The minimum Gasteiger partial charge on any atom is -0.465 e. The molecule has 6 heteroatoms. The van der Waals surface area contributed by atoms with Crippen LogP contribution in [0.25, 0.3) is 0 Å². The molecule has 3 N–H and O–H groups in total. The predicted octanol–water partition coefficient (Wildman–Crippen LogP) is 1.78. The van der Waals surface area contributed by atoms with Crippen LogP contribution in [0.4, 0.5) is 9.18 Å². The highest BCUT2D eigenvalue weighted by Gasteiger charge is 2.18. The molecule has 0 unspecified atom stereocenters. The number of amides is 1. The number of carboxylic acid groups (broad SMARTS) is 1. The van der Waals surface area contributed by atoms with Gasteiger partial charge < -0.3 is 15.5 Å². The Morgan fingerprint density at radius 1 is 1.60 bits per heavy atom. The summed E-state index contributed by atoms with van der Waals surface area (Å²) in [5.41, 5.74) is 0.0207. The van der Waals surface area contributed by atoms with Crippen LogP contribution in [0.15, 0.2) is 18.2 Å². The van der Waals surface area contributed by atoms with Crippen molar-refractivity contribution in [3.8, 4) is 0 Å². The number of rotatable bonds is 3. The summed E-state index contributed by atoms with van der Waals surface area (Å²) in [4.78, 5) is 10.4. The minimum absolute atomic E-state index is 0.0207. The van der Waals surface area contributed by atoms with Crippen molar-refractivity contribution in [1.82, 2.24) is 5.32 Å². The maximum Gasteiger partial charge on any atom is 0.405 e. The van der Waals surface area contributed by atoms with E-state index < -0.39 is 24.6 Å². The summed E-state index contributed by atoms with van der Waals surface area (Å²) < 4.78 is 13.4. The zero-order valence-electron chi connectivity index (χ0n) is 7.58. The van der Waals surface area contributed by atoms with Gasteiger partial charge in [-0.15, -0.1) is 0 Å². The van der Waals surface area contributed by atoms with Gasteiger partial charge in [-0.3, -0.25) is 0 Å². The monoisotopic (exact) mass is 233 g/mol. The topological polar surface area (TPSA) is 69.6 Å². The summed E-state index contributed by atoms with van der Waals surface area (Å²) in [5, 5.41) is 19.2. The summed E-state index contributed by atoms with van der Waals surface area (Å²) in [6.07, 6.45) is -1.34. The molecule has 0 aliphatic carbocycles. The number of aliphatic hydroxyl groups is 1. The number of halogens is 2. The first kappa shape index (κ1) is 11.7. The summed E-state index contributed by atoms with van der Waals surface area (Å²) in [6.45, 7) is -0.538. The summed E-state index contributed by atoms with van der Waals surface area (Å²) in [7, 11) is 0. The van der Waals surface area contributed by atoms with Crippen molar-refractivity contribution in [2.75, 3.05) is 6.61 Å². The minimum atomic E-state index is -1.34. The van der Waals surface area contributed by atoms with Crippen LogP contribution < -0.4 is 5.32 Å². The van der Waals surface area contributed by atoms with Crippen molar-refractivity contribution in [2.24, 2.45) is 0 Å². The lowest BCUT2D eigenvalue weighted by Crippen LogP contribution is -2.29. The highest BCUT2D eigenvalue weighted by atomic mass is 35.5. The van der Waals surface area contributed by atoms with Crippen molar-refractivity contribution < 1.29 is 19.4 Å². The molecule has 0 spiro atoms. The number of benzene rings is 1. The van der Waals surface area contributed by atoms with E-state index in [2.05, 4.69) is 0 Å². The van der Waals surface area contributed by atoms with E-state index in [4.69, 9.17) is 21.8 Å². The molecule has 0 aliphatic rings. The van der Waals surface area contributed by atoms with Crippen LogP contribution in [0.3, 0.4) is 0 Å². The molecule has 0 bridgehead atoms. The van der Waals surface area contributed by atoms with E-state index in [1.165, 1.54) is 18.2 Å². The molecule has 4 nitrogen and oxygen atoms in total. The van der Waals surface area contributed by atoms with E-state index in [1.807, 2.05) is 5.32 Å². The quantitative estimate of drug-likeness (QED) is 0.745. The molecular weight excluding hydrogens is 225 g/mol. The molecule has 82 valence electrons. The van der Waals surface area contributed by atoms with Gasteiger partial charge in [0.05, 0.1) is 17.7 Å². The van der Waals surface area contributed by atoms with Crippen molar-refractivity contribution in [2.45, 2.75) is 6.04 Å². The first-order chi connectivity index (χ1) is 7.06. The van der Waals surface area contributed by atoms with E-state index in [9.17, 15) is 9.18 Å². The highest BCUT2D eigenvalue weighted by Crippen LogP contribution is 2.23. The first-order valence-corrected chi connectivity index (χ1v) is 4.48. The average Bonchev–Trinajstić information content (AvgIpc) is 2.19. The fourth-order valence-electron chi connectivity index (χ4n) is 1.16. The van der Waals surface area contributed by atoms with Gasteiger partial charge in [0.15, 0.2) is 0 Å². The van der Waals surface area contributed by atoms with Crippen molar-refractivity contribution in [1.29, 1.82) is 0 Å². The largest absolute Gasteiger partial charge is 0.465 e. The number of hydrogen-bond acceptors (Lipinski definition) is 2. The Kier molecular flexibility index (Phi) is 3.88. The summed E-state index contributed by atoms with van der Waals surface area (Å²) in [5.74, 6) is -0.730. The Hall–Kier alpha value is -1.33. The zero-order chi connectivity index (χ0) is 11.4. The lowest BCUT2D eigenvalue weighted by molar-refractivity contribution is 0.177. The van der Waals surface area contributed by atoms with E-state index in [0.29, 0.717) is 0 Å². The van der Waals surface area contributed by atoms with E-state index in [0.717, 1.165) is 0 Å². The molecule has 1 atom stereocenters. The third kappa shape index (κ3) is 2.81. The van der Waals surface area contributed by atoms with Gasteiger partial charge in [0.2, 0.25) is 0 Å². The second-order valence-electron chi connectivity index (χ2n) is 2.83. The third-order valence-corrected chi connectivity index (χ3v) is 2.13. The Bertz CT molecular complexity index is 372. The van der Waals surface area contributed by atoms with Gasteiger partial charge in [0.25, 0.3) is 0 Å². The van der Waals surface area contributed by atoms with Crippen LogP contribution in [0.2, 0.25) is 5.02 Å². The zero-order valence-corrected chi connectivity index (χ0v) is 8.33. The second-order valence-corrected chi connectivity index (χ2v) is 3.23. The van der Waals surface area contributed by atoms with Gasteiger partial charge in [0, 0.05) is 5.56 Å². The van der Waals surface area contributed by atoms with Crippen LogP contribution in [0.5, 0.6) is 0 Å². The number of aliphatic hydroxyl groups excluding tert-OH is 1. The predicted molar refractivity (Wildman–Crippen MR) is 52.4 cm³/mol. The van der Waals surface area contributed by atoms with Gasteiger partial charge >= 0.3 is 6.09 Å². The molecule has 1 amide bonds. The third-order valence-electron chi connectivity index (χ3n) is 1.84. The summed E-state index contributed by atoms with van der Waals surface area (Å²) >= 11 is 5.52. The van der Waals surface area contributed by atoms with Crippen LogP contribution in [-0.2, 0) is 0 Å². The molecule has 0 aliphatic heterocycles. The molecule has 1 rings (SSSR count). The number of hydrogen-bond donors (Lipinski definition) is 3. The van der Waals surface area contributed by atoms with Crippen molar-refractivity contribution in [3.05, 3.63) is 34.6 Å². The van der Waals surface area contributed by atoms with Gasteiger partial charge in [-0.25, -0.2) is 9.18 Å². The Balaban J connectivity index is 3.01. The molecular formula is C9H9ClFNO3. The maximum atomic E-state index is 13.4. The van der Waals surface area contributed by atoms with Crippen LogP contribution in [0.1, 0.15) is 11.6 Å². The smallest absolute Gasteiger partial charge is 0.405 e. The standard InChI is InChI=1S/C9H9ClFNO3/c10-6-3-1-2-5(8(6)11)7(4-13)12-9(14)15/h1-3,7,12-13H,4H2,(H,14,15)/t7-/m1/s1. The molecule has 0 aromatic heterocycles. The Morgan fingerprint density at radius 2 is 2.27 bits per heavy atom. The van der Waals surface area contributed by atoms with E-state index in [1.54, 1.807) is 0 Å². The molecule has 0 heterocycles. The van der Waals surface area contributed by atoms with Crippen molar-refractivity contribution in [3.63, 3.8) is 0 Å². The molecule has 1 aromatic carbocycles. The molecule has 15 heavy (non-hydrogen) atoms. The van der Waals surface area contributed by atoms with Gasteiger partial charge in [-0.2, -0.15) is 0 Å². The summed E-state index contributed by atoms with van der Waals surface area (Å²) in [6, 6.07) is 3.17. The SMILES string of the molecule is O=C(O)N[C@H](CO)c1cccc(Cl)c1F. The molecule has 0 saturated heterocycles. The number of nitrogens with one attached hydrogen (secondary N) is 1. The van der Waals surface area contributed by atoms with Gasteiger partial charge in [-0.05, 0) is 6.07 Å². The van der Waals surface area contributed by atoms with Crippen molar-refractivity contribution >= 4 is 17.7 Å². The fourth-order valence-corrected chi connectivity index (χ4v) is 1.34. The normalized spacial score (nSPS) is 12.2. The maximum absolute atomic E-state index is 13.4. The van der Waals surface area contributed by atoms with E-state index >= 15 is 0 Å².